The second-order valence-corrected chi connectivity index (χ2v) is 13.0. The molecule has 5 aromatic rings. The van der Waals surface area contributed by atoms with Gasteiger partial charge in [0.25, 0.3) is 0 Å². The third kappa shape index (κ3) is 6.50. The van der Waals surface area contributed by atoms with Crippen molar-refractivity contribution in [3.63, 3.8) is 0 Å². The zero-order valence-corrected chi connectivity index (χ0v) is 25.6. The molecule has 0 bridgehead atoms. The van der Waals surface area contributed by atoms with Gasteiger partial charge in [0.15, 0.2) is 0 Å². The molecule has 5 aromatic carbocycles. The Hall–Kier alpha value is -4.01. The van der Waals surface area contributed by atoms with Crippen LogP contribution in [-0.4, -0.2) is 0 Å². The summed E-state index contributed by atoms with van der Waals surface area (Å²) in [4.78, 5) is 0. The summed E-state index contributed by atoms with van der Waals surface area (Å²) < 4.78 is 0. The van der Waals surface area contributed by atoms with E-state index in [2.05, 4.69) is 137 Å². The maximum absolute atomic E-state index is 7.09. The van der Waals surface area contributed by atoms with Gasteiger partial charge in [-0.3, -0.25) is 0 Å². The Labute approximate surface area is 250 Å². The van der Waals surface area contributed by atoms with Gasteiger partial charge in [0.2, 0.25) is 0 Å². The molecule has 0 amide bonds. The lowest BCUT2D eigenvalue weighted by atomic mass is 9.85. The molecule has 0 aliphatic heterocycles. The molecule has 0 saturated carbocycles. The minimum Gasteiger partial charge on any atom is -0.354 e. The van der Waals surface area contributed by atoms with E-state index in [1.165, 1.54) is 11.1 Å². The lowest BCUT2D eigenvalue weighted by Gasteiger charge is -2.23. The molecule has 0 fully saturated rings. The number of anilines is 4. The van der Waals surface area contributed by atoms with Crippen molar-refractivity contribution in [2.45, 2.75) is 52.4 Å². The molecule has 0 heterocycles. The highest BCUT2D eigenvalue weighted by molar-refractivity contribution is 6.36. The molecule has 5 rings (SSSR count). The Morgan fingerprint density at radius 2 is 0.829 bits per heavy atom. The van der Waals surface area contributed by atoms with Crippen molar-refractivity contribution < 1.29 is 0 Å². The highest BCUT2D eigenvalue weighted by atomic mass is 35.5. The Morgan fingerprint density at radius 1 is 0.439 bits per heavy atom. The van der Waals surface area contributed by atoms with Crippen molar-refractivity contribution in [1.29, 1.82) is 0 Å². The first kappa shape index (κ1) is 28.5. The van der Waals surface area contributed by atoms with Gasteiger partial charge in [0.05, 0.1) is 16.4 Å². The Kier molecular flexibility index (Phi) is 7.98. The van der Waals surface area contributed by atoms with Crippen molar-refractivity contribution in [1.82, 2.24) is 0 Å². The zero-order chi connectivity index (χ0) is 29.2. The van der Waals surface area contributed by atoms with Crippen LogP contribution in [0.1, 0.15) is 52.7 Å². The molecule has 0 unspecified atom stereocenters. The average Bonchev–Trinajstić information content (AvgIpc) is 2.95. The lowest BCUT2D eigenvalue weighted by Crippen LogP contribution is -2.11. The molecule has 2 nitrogen and oxygen atoms in total. The van der Waals surface area contributed by atoms with Gasteiger partial charge in [-0.15, -0.1) is 0 Å². The standard InChI is InChI=1S/C38H39ClN2/c1-37(2,3)28-20-22-32(30(24-28)26-14-9-7-10-15-26)40-34-18-13-19-35(36(34)39)41-33-23-21-29(38(4,5)6)25-31(33)27-16-11-8-12-17-27/h7-25,40-41H,1-6H3. The summed E-state index contributed by atoms with van der Waals surface area (Å²) in [7, 11) is 0. The molecule has 41 heavy (non-hydrogen) atoms. The Bertz CT molecular complexity index is 1520. The fraction of sp³-hybridized carbons (Fsp3) is 0.211. The highest BCUT2D eigenvalue weighted by Gasteiger charge is 2.19. The molecule has 0 atom stereocenters. The number of rotatable bonds is 6. The second kappa shape index (κ2) is 11.5. The van der Waals surface area contributed by atoms with Crippen molar-refractivity contribution in [2.24, 2.45) is 0 Å². The van der Waals surface area contributed by atoms with E-state index in [1.54, 1.807) is 0 Å². The van der Waals surface area contributed by atoms with Gasteiger partial charge in [0, 0.05) is 22.5 Å². The average molecular weight is 559 g/mol. The molecular formula is C38H39ClN2. The summed E-state index contributed by atoms with van der Waals surface area (Å²) in [6, 6.07) is 40.4. The number of halogens is 1. The van der Waals surface area contributed by atoms with E-state index in [0.29, 0.717) is 5.02 Å². The molecule has 0 spiro atoms. The van der Waals surface area contributed by atoms with Crippen molar-refractivity contribution in [3.05, 3.63) is 131 Å². The normalized spacial score (nSPS) is 11.8. The third-order valence-electron chi connectivity index (χ3n) is 7.48. The van der Waals surface area contributed by atoms with Crippen molar-refractivity contribution in [2.75, 3.05) is 10.6 Å². The molecule has 208 valence electrons. The van der Waals surface area contributed by atoms with Gasteiger partial charge in [0.1, 0.15) is 0 Å². The fourth-order valence-electron chi connectivity index (χ4n) is 4.97. The van der Waals surface area contributed by atoms with Gasteiger partial charge in [-0.1, -0.05) is 132 Å². The van der Waals surface area contributed by atoms with Crippen LogP contribution in [0.5, 0.6) is 0 Å². The monoisotopic (exact) mass is 558 g/mol. The van der Waals surface area contributed by atoms with Crippen LogP contribution in [0.2, 0.25) is 5.02 Å². The van der Waals surface area contributed by atoms with Crippen LogP contribution in [0.25, 0.3) is 22.3 Å². The van der Waals surface area contributed by atoms with E-state index in [4.69, 9.17) is 11.6 Å². The first-order valence-corrected chi connectivity index (χ1v) is 14.6. The number of nitrogens with one attached hydrogen (secondary N) is 2. The molecule has 2 N–H and O–H groups in total. The van der Waals surface area contributed by atoms with Crippen LogP contribution in [0.15, 0.2) is 115 Å². The molecule has 0 aromatic heterocycles. The Morgan fingerprint density at radius 3 is 1.20 bits per heavy atom. The predicted octanol–water partition coefficient (Wildman–Crippen LogP) is 11.8. The van der Waals surface area contributed by atoms with Crippen LogP contribution < -0.4 is 10.6 Å². The van der Waals surface area contributed by atoms with Gasteiger partial charge >= 0.3 is 0 Å². The van der Waals surface area contributed by atoms with E-state index >= 15 is 0 Å². The lowest BCUT2D eigenvalue weighted by molar-refractivity contribution is 0.590. The van der Waals surface area contributed by atoms with Crippen LogP contribution in [-0.2, 0) is 10.8 Å². The smallest absolute Gasteiger partial charge is 0.0875 e. The summed E-state index contributed by atoms with van der Waals surface area (Å²) in [6.45, 7) is 13.5. The SMILES string of the molecule is CC(C)(C)c1ccc(Nc2cccc(Nc3ccc(C(C)(C)C)cc3-c3ccccc3)c2Cl)c(-c2ccccc2)c1. The quantitative estimate of drug-likeness (QED) is 0.216. The van der Waals surface area contributed by atoms with E-state index in [9.17, 15) is 0 Å². The largest absolute Gasteiger partial charge is 0.354 e. The van der Waals surface area contributed by atoms with E-state index in [0.717, 1.165) is 45.0 Å². The number of hydrogen-bond acceptors (Lipinski definition) is 2. The van der Waals surface area contributed by atoms with Gasteiger partial charge < -0.3 is 10.6 Å². The summed E-state index contributed by atoms with van der Waals surface area (Å²) in [5, 5.41) is 7.94. The topological polar surface area (TPSA) is 24.1 Å². The van der Waals surface area contributed by atoms with Crippen molar-refractivity contribution >= 4 is 34.4 Å². The maximum Gasteiger partial charge on any atom is 0.0875 e. The van der Waals surface area contributed by atoms with E-state index in [1.807, 2.05) is 30.3 Å². The zero-order valence-electron chi connectivity index (χ0n) is 24.8. The summed E-state index contributed by atoms with van der Waals surface area (Å²) >= 11 is 7.09. The summed E-state index contributed by atoms with van der Waals surface area (Å²) in [5.41, 5.74) is 11.0. The van der Waals surface area contributed by atoms with E-state index in [-0.39, 0.29) is 10.8 Å². The third-order valence-corrected chi connectivity index (χ3v) is 7.89. The van der Waals surface area contributed by atoms with Gasteiger partial charge in [-0.25, -0.2) is 0 Å². The van der Waals surface area contributed by atoms with Crippen LogP contribution >= 0.6 is 11.6 Å². The van der Waals surface area contributed by atoms with Crippen molar-refractivity contribution in [3.8, 4) is 22.3 Å². The first-order valence-electron chi connectivity index (χ1n) is 14.2. The molecule has 0 saturated heterocycles. The van der Waals surface area contributed by atoms with Crippen LogP contribution in [0, 0.1) is 0 Å². The first-order chi connectivity index (χ1) is 19.5. The molecule has 3 heteroatoms. The molecule has 0 aliphatic rings. The highest BCUT2D eigenvalue weighted by Crippen LogP contribution is 2.41. The van der Waals surface area contributed by atoms with Crippen LogP contribution in [0.3, 0.4) is 0 Å². The Balaban J connectivity index is 1.53. The van der Waals surface area contributed by atoms with E-state index < -0.39 is 0 Å². The number of hydrogen-bond donors (Lipinski definition) is 2. The minimum atomic E-state index is 0.0442. The van der Waals surface area contributed by atoms with Crippen LogP contribution in [0.4, 0.5) is 22.7 Å². The van der Waals surface area contributed by atoms with Gasteiger partial charge in [-0.05, 0) is 69.5 Å². The molecule has 0 aliphatic carbocycles. The minimum absolute atomic E-state index is 0.0442. The summed E-state index contributed by atoms with van der Waals surface area (Å²) in [6.07, 6.45) is 0. The predicted molar refractivity (Wildman–Crippen MR) is 179 cm³/mol. The fourth-order valence-corrected chi connectivity index (χ4v) is 5.19. The molecular weight excluding hydrogens is 520 g/mol. The van der Waals surface area contributed by atoms with Gasteiger partial charge in [-0.2, -0.15) is 0 Å². The molecule has 0 radical (unpaired) electrons. The number of benzene rings is 5. The summed E-state index contributed by atoms with van der Waals surface area (Å²) in [5.74, 6) is 0. The second-order valence-electron chi connectivity index (χ2n) is 12.7. The maximum atomic E-state index is 7.09.